The fourth-order valence-electron chi connectivity index (χ4n) is 3.74. The van der Waals surface area contributed by atoms with E-state index in [-0.39, 0.29) is 49.3 Å². The zero-order chi connectivity index (χ0) is 15.7. The Hall–Kier alpha value is -1.14. The molecule has 1 aromatic carbocycles. The molecule has 0 amide bonds. The molecule has 0 radical (unpaired) electrons. The van der Waals surface area contributed by atoms with E-state index in [4.69, 9.17) is 4.74 Å². The van der Waals surface area contributed by atoms with E-state index in [0.29, 0.717) is 6.42 Å². The number of hydrogen-bond acceptors (Lipinski definition) is 5. The SMILES string of the molecule is CN1C2C[C@H](OC(=O)[C@H](CO)c3ccccc3)CC1[C@@H](O)C2.Cl. The lowest BCUT2D eigenvalue weighted by Crippen LogP contribution is -2.45. The van der Waals surface area contributed by atoms with Crippen molar-refractivity contribution in [3.63, 3.8) is 0 Å². The maximum atomic E-state index is 12.4. The van der Waals surface area contributed by atoms with Crippen LogP contribution < -0.4 is 0 Å². The predicted molar refractivity (Wildman–Crippen MR) is 88.6 cm³/mol. The fourth-order valence-corrected chi connectivity index (χ4v) is 3.74. The Morgan fingerprint density at radius 1 is 1.30 bits per heavy atom. The molecule has 3 rings (SSSR count). The molecule has 5 atom stereocenters. The third-order valence-electron chi connectivity index (χ3n) is 5.05. The largest absolute Gasteiger partial charge is 0.462 e. The fraction of sp³-hybridized carbons (Fsp3) is 0.588. The second-order valence-corrected chi connectivity index (χ2v) is 6.37. The first-order chi connectivity index (χ1) is 10.6. The van der Waals surface area contributed by atoms with Gasteiger partial charge in [0, 0.05) is 24.9 Å². The molecular formula is C17H24ClNO4. The molecule has 2 saturated heterocycles. The van der Waals surface area contributed by atoms with Gasteiger partial charge >= 0.3 is 5.97 Å². The van der Waals surface area contributed by atoms with Gasteiger partial charge in [0.05, 0.1) is 12.7 Å². The van der Waals surface area contributed by atoms with E-state index >= 15 is 0 Å². The van der Waals surface area contributed by atoms with Gasteiger partial charge in [-0.15, -0.1) is 12.4 Å². The van der Waals surface area contributed by atoms with Crippen molar-refractivity contribution in [2.75, 3.05) is 13.7 Å². The van der Waals surface area contributed by atoms with Crippen molar-refractivity contribution >= 4 is 18.4 Å². The maximum absolute atomic E-state index is 12.4. The second kappa shape index (κ2) is 7.62. The third kappa shape index (κ3) is 3.69. The quantitative estimate of drug-likeness (QED) is 0.808. The number of nitrogens with zero attached hydrogens (tertiary/aromatic N) is 1. The third-order valence-corrected chi connectivity index (χ3v) is 5.05. The molecule has 2 unspecified atom stereocenters. The van der Waals surface area contributed by atoms with Gasteiger partial charge in [0.15, 0.2) is 0 Å². The number of fused-ring (bicyclic) bond motifs is 2. The van der Waals surface area contributed by atoms with Crippen molar-refractivity contribution in [1.29, 1.82) is 0 Å². The minimum atomic E-state index is -0.636. The van der Waals surface area contributed by atoms with Crippen molar-refractivity contribution in [1.82, 2.24) is 4.90 Å². The average molecular weight is 342 g/mol. The number of esters is 1. The molecule has 23 heavy (non-hydrogen) atoms. The summed E-state index contributed by atoms with van der Waals surface area (Å²) in [6, 6.07) is 9.56. The maximum Gasteiger partial charge on any atom is 0.316 e. The number of piperidine rings is 1. The Bertz CT molecular complexity index is 527. The number of likely N-dealkylation sites (N-methyl/N-ethyl adjacent to an activating group) is 1. The lowest BCUT2D eigenvalue weighted by molar-refractivity contribution is -0.155. The number of benzene rings is 1. The van der Waals surface area contributed by atoms with Crippen LogP contribution in [0.1, 0.15) is 30.7 Å². The Morgan fingerprint density at radius 3 is 2.61 bits per heavy atom. The first-order valence-electron chi connectivity index (χ1n) is 7.86. The first kappa shape index (κ1) is 18.2. The molecule has 128 valence electrons. The summed E-state index contributed by atoms with van der Waals surface area (Å²) < 4.78 is 5.64. The minimum absolute atomic E-state index is 0. The van der Waals surface area contributed by atoms with Gasteiger partial charge in [-0.05, 0) is 19.0 Å². The normalized spacial score (nSPS) is 31.3. The lowest BCUT2D eigenvalue weighted by atomic mass is 9.98. The van der Waals surface area contributed by atoms with Crippen LogP contribution in [0.3, 0.4) is 0 Å². The van der Waals surface area contributed by atoms with Crippen LogP contribution in [-0.2, 0) is 9.53 Å². The average Bonchev–Trinajstić information content (AvgIpc) is 2.68. The molecule has 2 aliphatic heterocycles. The van der Waals surface area contributed by atoms with Gasteiger partial charge in [-0.1, -0.05) is 30.3 Å². The van der Waals surface area contributed by atoms with Gasteiger partial charge in [-0.25, -0.2) is 0 Å². The van der Waals surface area contributed by atoms with Crippen molar-refractivity contribution in [3.05, 3.63) is 35.9 Å². The molecule has 2 heterocycles. The van der Waals surface area contributed by atoms with Gasteiger partial charge in [-0.2, -0.15) is 0 Å². The Kier molecular flexibility index (Phi) is 6.03. The second-order valence-electron chi connectivity index (χ2n) is 6.37. The van der Waals surface area contributed by atoms with E-state index in [1.54, 1.807) is 0 Å². The summed E-state index contributed by atoms with van der Waals surface area (Å²) in [6.07, 6.45) is 1.66. The van der Waals surface area contributed by atoms with Crippen LogP contribution in [0.4, 0.5) is 0 Å². The lowest BCUT2D eigenvalue weighted by Gasteiger charge is -2.36. The molecule has 6 heteroatoms. The number of hydrogen-bond donors (Lipinski definition) is 2. The summed E-state index contributed by atoms with van der Waals surface area (Å²) in [5.41, 5.74) is 0.769. The molecule has 2 fully saturated rings. The number of carbonyl (C=O) groups is 1. The highest BCUT2D eigenvalue weighted by Crippen LogP contribution is 2.36. The molecule has 2 aliphatic rings. The van der Waals surface area contributed by atoms with Crippen LogP contribution in [-0.4, -0.2) is 59.0 Å². The molecule has 2 N–H and O–H groups in total. The van der Waals surface area contributed by atoms with Crippen LogP contribution >= 0.6 is 12.4 Å². The molecule has 2 bridgehead atoms. The van der Waals surface area contributed by atoms with Gasteiger partial charge in [0.1, 0.15) is 12.0 Å². The first-order valence-corrected chi connectivity index (χ1v) is 7.86. The van der Waals surface area contributed by atoms with Gasteiger partial charge in [0.25, 0.3) is 0 Å². The molecular weight excluding hydrogens is 318 g/mol. The monoisotopic (exact) mass is 341 g/mol. The zero-order valence-electron chi connectivity index (χ0n) is 13.2. The van der Waals surface area contributed by atoms with E-state index < -0.39 is 5.92 Å². The topological polar surface area (TPSA) is 70.0 Å². The number of rotatable bonds is 4. The number of aliphatic hydroxyl groups is 2. The standard InChI is InChI=1S/C17H23NO4.ClH/c1-18-12-7-13(9-15(18)16(20)8-12)22-17(21)14(10-19)11-5-3-2-4-6-11;/h2-6,12-16,19-20H,7-10H2,1H3;1H/t12?,13-,14+,15?,16-;/m0./s1. The van der Waals surface area contributed by atoms with Crippen LogP contribution in [0.25, 0.3) is 0 Å². The minimum Gasteiger partial charge on any atom is -0.462 e. The van der Waals surface area contributed by atoms with E-state index in [9.17, 15) is 15.0 Å². The number of ether oxygens (including phenoxy) is 1. The van der Waals surface area contributed by atoms with Crippen LogP contribution in [0.5, 0.6) is 0 Å². The summed E-state index contributed by atoms with van der Waals surface area (Å²) in [7, 11) is 2.02. The van der Waals surface area contributed by atoms with Crippen molar-refractivity contribution < 1.29 is 19.7 Å². The summed E-state index contributed by atoms with van der Waals surface area (Å²) in [5, 5.41) is 19.6. The molecule has 0 spiro atoms. The number of carbonyl (C=O) groups excluding carboxylic acids is 1. The molecule has 0 aromatic heterocycles. The molecule has 1 aromatic rings. The predicted octanol–water partition coefficient (Wildman–Crippen LogP) is 1.32. The molecule has 0 aliphatic carbocycles. The highest BCUT2D eigenvalue weighted by atomic mass is 35.5. The summed E-state index contributed by atoms with van der Waals surface area (Å²) in [5.74, 6) is -1.01. The zero-order valence-corrected chi connectivity index (χ0v) is 14.0. The van der Waals surface area contributed by atoms with E-state index in [1.165, 1.54) is 0 Å². The van der Waals surface area contributed by atoms with Gasteiger partial charge in [0.2, 0.25) is 0 Å². The summed E-state index contributed by atoms with van der Waals surface area (Å²) >= 11 is 0. The van der Waals surface area contributed by atoms with E-state index in [2.05, 4.69) is 4.90 Å². The Labute approximate surface area is 142 Å². The highest BCUT2D eigenvalue weighted by molar-refractivity contribution is 5.85. The van der Waals surface area contributed by atoms with Gasteiger partial charge in [-0.3, -0.25) is 9.69 Å². The number of halogens is 1. The van der Waals surface area contributed by atoms with Gasteiger partial charge < -0.3 is 14.9 Å². The molecule has 0 saturated carbocycles. The summed E-state index contributed by atoms with van der Waals surface area (Å²) in [6.45, 7) is -0.259. The van der Waals surface area contributed by atoms with Crippen molar-refractivity contribution in [2.24, 2.45) is 0 Å². The van der Waals surface area contributed by atoms with E-state index in [0.717, 1.165) is 18.4 Å². The highest BCUT2D eigenvalue weighted by Gasteiger charge is 2.45. The molecule has 5 nitrogen and oxygen atoms in total. The van der Waals surface area contributed by atoms with Crippen LogP contribution in [0.15, 0.2) is 30.3 Å². The van der Waals surface area contributed by atoms with Crippen molar-refractivity contribution in [3.8, 4) is 0 Å². The smallest absolute Gasteiger partial charge is 0.316 e. The van der Waals surface area contributed by atoms with Crippen molar-refractivity contribution in [2.45, 2.75) is 49.5 Å². The van der Waals surface area contributed by atoms with Crippen LogP contribution in [0, 0.1) is 0 Å². The number of aliphatic hydroxyl groups excluding tert-OH is 2. The Balaban J connectivity index is 0.00000192. The Morgan fingerprint density at radius 2 is 2.00 bits per heavy atom. The summed E-state index contributed by atoms with van der Waals surface area (Å²) in [4.78, 5) is 14.6. The van der Waals surface area contributed by atoms with E-state index in [1.807, 2.05) is 37.4 Å². The van der Waals surface area contributed by atoms with Crippen LogP contribution in [0.2, 0.25) is 0 Å².